The average molecular weight is 591 g/mol. The molecule has 4 aromatic heterocycles. The molecule has 0 atom stereocenters. The second-order valence-electron chi connectivity index (χ2n) is 10.9. The number of ether oxygens (including phenoxy) is 1. The lowest BCUT2D eigenvalue weighted by atomic mass is 10.0. The maximum absolute atomic E-state index is 14.8. The average Bonchev–Trinajstić information content (AvgIpc) is 3.80. The molecule has 44 heavy (non-hydrogen) atoms. The molecule has 0 unspecified atom stereocenters. The minimum absolute atomic E-state index is 0.0751. The predicted molar refractivity (Wildman–Crippen MR) is 168 cm³/mol. The second-order valence-corrected chi connectivity index (χ2v) is 10.9. The first-order valence-corrected chi connectivity index (χ1v) is 14.8. The highest BCUT2D eigenvalue weighted by Gasteiger charge is 2.18. The first-order valence-electron chi connectivity index (χ1n) is 14.8. The molecule has 1 aliphatic heterocycles. The standard InChI is InChI=1S/C33H31FN8O2/c1-2-29(43)37-24-14-22(18-35-19-24)20-5-6-28-27(16-20)31(41-40-28)33-38-30-26(7-8-36-32(30)39-33)21-13-23(34)17-25(15-21)44-12-11-42-9-3-4-10-42/h5-8,13-19H,2-4,9-12H2,1H3,(H,37,43)(H,40,41)(H,36,38,39). The van der Waals surface area contributed by atoms with E-state index in [-0.39, 0.29) is 11.7 Å². The van der Waals surface area contributed by atoms with Crippen LogP contribution in [0.1, 0.15) is 26.2 Å². The Bertz CT molecular complexity index is 1980. The Balaban J connectivity index is 1.20. The maximum Gasteiger partial charge on any atom is 0.224 e. The lowest BCUT2D eigenvalue weighted by molar-refractivity contribution is -0.115. The van der Waals surface area contributed by atoms with Gasteiger partial charge in [0.15, 0.2) is 11.5 Å². The molecular weight excluding hydrogens is 559 g/mol. The van der Waals surface area contributed by atoms with Crippen molar-refractivity contribution in [3.63, 3.8) is 0 Å². The summed E-state index contributed by atoms with van der Waals surface area (Å²) in [7, 11) is 0. The van der Waals surface area contributed by atoms with Crippen molar-refractivity contribution >= 4 is 33.7 Å². The number of pyridine rings is 2. The number of H-pyrrole nitrogens is 2. The number of nitrogens with zero attached hydrogens (tertiary/aromatic N) is 5. The van der Waals surface area contributed by atoms with Gasteiger partial charge in [0, 0.05) is 47.9 Å². The van der Waals surface area contributed by atoms with Gasteiger partial charge in [0.05, 0.1) is 22.9 Å². The van der Waals surface area contributed by atoms with Gasteiger partial charge in [0.25, 0.3) is 0 Å². The van der Waals surface area contributed by atoms with Crippen LogP contribution in [0, 0.1) is 5.82 Å². The van der Waals surface area contributed by atoms with Gasteiger partial charge in [-0.1, -0.05) is 13.0 Å². The number of halogens is 1. The number of benzene rings is 2. The van der Waals surface area contributed by atoms with Crippen molar-refractivity contribution in [2.24, 2.45) is 0 Å². The molecule has 1 amide bonds. The molecular formula is C33H31FN8O2. The molecule has 222 valence electrons. The summed E-state index contributed by atoms with van der Waals surface area (Å²) in [6, 6.07) is 14.4. The van der Waals surface area contributed by atoms with Gasteiger partial charge in [0.2, 0.25) is 5.91 Å². The Morgan fingerprint density at radius 2 is 1.93 bits per heavy atom. The highest BCUT2D eigenvalue weighted by atomic mass is 19.1. The highest BCUT2D eigenvalue weighted by Crippen LogP contribution is 2.34. The number of nitrogens with one attached hydrogen (secondary N) is 3. The topological polar surface area (TPSA) is 125 Å². The Kier molecular flexibility index (Phi) is 7.45. The van der Waals surface area contributed by atoms with Gasteiger partial charge in [-0.25, -0.2) is 14.4 Å². The number of carbonyl (C=O) groups excluding carboxylic acids is 1. The number of amides is 1. The van der Waals surface area contributed by atoms with Crippen molar-refractivity contribution in [1.29, 1.82) is 0 Å². The monoisotopic (exact) mass is 590 g/mol. The summed E-state index contributed by atoms with van der Waals surface area (Å²) in [4.78, 5) is 31.2. The van der Waals surface area contributed by atoms with E-state index in [1.807, 2.05) is 36.4 Å². The number of imidazole rings is 1. The Labute approximate surface area is 252 Å². The van der Waals surface area contributed by atoms with Crippen LogP contribution < -0.4 is 10.1 Å². The van der Waals surface area contributed by atoms with E-state index >= 15 is 0 Å². The van der Waals surface area contributed by atoms with Gasteiger partial charge in [-0.2, -0.15) is 5.10 Å². The van der Waals surface area contributed by atoms with E-state index in [1.54, 1.807) is 25.5 Å². The molecule has 1 fully saturated rings. The highest BCUT2D eigenvalue weighted by molar-refractivity contribution is 5.98. The zero-order chi connectivity index (χ0) is 30.0. The number of rotatable bonds is 9. The van der Waals surface area contributed by atoms with E-state index in [2.05, 4.69) is 35.4 Å². The van der Waals surface area contributed by atoms with Crippen LogP contribution in [0.2, 0.25) is 0 Å². The third kappa shape index (κ3) is 5.61. The van der Waals surface area contributed by atoms with E-state index in [0.29, 0.717) is 52.7 Å². The van der Waals surface area contributed by atoms with Crippen LogP contribution in [0.25, 0.3) is 55.8 Å². The maximum atomic E-state index is 14.8. The van der Waals surface area contributed by atoms with Crippen LogP contribution in [0.4, 0.5) is 10.1 Å². The number of anilines is 1. The van der Waals surface area contributed by atoms with E-state index in [9.17, 15) is 9.18 Å². The third-order valence-corrected chi connectivity index (χ3v) is 7.91. The molecule has 6 aromatic rings. The number of fused-ring (bicyclic) bond motifs is 2. The number of hydrogen-bond donors (Lipinski definition) is 3. The number of carbonyl (C=O) groups is 1. The third-order valence-electron chi connectivity index (χ3n) is 7.91. The van der Waals surface area contributed by atoms with Crippen molar-refractivity contribution < 1.29 is 13.9 Å². The SMILES string of the molecule is CCC(=O)Nc1cncc(-c2ccc3[nH]nc(-c4nc5nccc(-c6cc(F)cc(OCCN7CCCC7)c6)c5[nH]4)c3c2)c1. The fraction of sp³-hybridized carbons (Fsp3) is 0.242. The first-order chi connectivity index (χ1) is 21.5. The van der Waals surface area contributed by atoms with Crippen LogP contribution >= 0.6 is 0 Å². The molecule has 0 spiro atoms. The smallest absolute Gasteiger partial charge is 0.224 e. The summed E-state index contributed by atoms with van der Waals surface area (Å²) < 4.78 is 20.7. The van der Waals surface area contributed by atoms with Gasteiger partial charge in [-0.15, -0.1) is 0 Å². The summed E-state index contributed by atoms with van der Waals surface area (Å²) in [6.07, 6.45) is 7.86. The van der Waals surface area contributed by atoms with Gasteiger partial charge >= 0.3 is 0 Å². The minimum atomic E-state index is -0.373. The largest absolute Gasteiger partial charge is 0.492 e. The van der Waals surface area contributed by atoms with Gasteiger partial charge in [0.1, 0.15) is 23.9 Å². The summed E-state index contributed by atoms with van der Waals surface area (Å²) in [6.45, 7) is 5.31. The molecule has 0 bridgehead atoms. The predicted octanol–water partition coefficient (Wildman–Crippen LogP) is 6.19. The van der Waals surface area contributed by atoms with Crippen LogP contribution in [0.3, 0.4) is 0 Å². The summed E-state index contributed by atoms with van der Waals surface area (Å²) in [5, 5.41) is 11.4. The fourth-order valence-corrected chi connectivity index (χ4v) is 5.65. The molecule has 1 aliphatic rings. The van der Waals surface area contributed by atoms with Crippen molar-refractivity contribution in [1.82, 2.24) is 35.0 Å². The normalized spacial score (nSPS) is 13.6. The van der Waals surface area contributed by atoms with Crippen molar-refractivity contribution in [3.8, 4) is 39.5 Å². The quantitative estimate of drug-likeness (QED) is 0.183. The second kappa shape index (κ2) is 11.8. The van der Waals surface area contributed by atoms with Gasteiger partial charge in [-0.3, -0.25) is 19.8 Å². The minimum Gasteiger partial charge on any atom is -0.492 e. The van der Waals surface area contributed by atoms with Gasteiger partial charge in [-0.05, 0) is 73.5 Å². The van der Waals surface area contributed by atoms with Crippen molar-refractivity contribution in [2.45, 2.75) is 26.2 Å². The van der Waals surface area contributed by atoms with Crippen molar-refractivity contribution in [3.05, 3.63) is 72.9 Å². The lowest BCUT2D eigenvalue weighted by Gasteiger charge is -2.15. The van der Waals surface area contributed by atoms with E-state index < -0.39 is 0 Å². The molecule has 0 radical (unpaired) electrons. The molecule has 0 aliphatic carbocycles. The zero-order valence-electron chi connectivity index (χ0n) is 24.2. The van der Waals surface area contributed by atoms with Crippen LogP contribution in [-0.4, -0.2) is 67.2 Å². The molecule has 7 rings (SSSR count). The fourth-order valence-electron chi connectivity index (χ4n) is 5.65. The first kappa shape index (κ1) is 27.7. The number of aromatic nitrogens is 6. The number of aromatic amines is 2. The molecule has 11 heteroatoms. The zero-order valence-corrected chi connectivity index (χ0v) is 24.2. The molecule has 10 nitrogen and oxygen atoms in total. The molecule has 0 saturated carbocycles. The Hall–Kier alpha value is -5.16. The Morgan fingerprint density at radius 3 is 2.80 bits per heavy atom. The molecule has 2 aromatic carbocycles. The Morgan fingerprint density at radius 1 is 1.05 bits per heavy atom. The summed E-state index contributed by atoms with van der Waals surface area (Å²) in [5.41, 5.74) is 6.45. The van der Waals surface area contributed by atoms with E-state index in [1.165, 1.54) is 25.0 Å². The summed E-state index contributed by atoms with van der Waals surface area (Å²) >= 11 is 0. The lowest BCUT2D eigenvalue weighted by Crippen LogP contribution is -2.25. The molecule has 3 N–H and O–H groups in total. The number of likely N-dealkylation sites (tertiary alicyclic amines) is 1. The van der Waals surface area contributed by atoms with E-state index in [4.69, 9.17) is 9.72 Å². The van der Waals surface area contributed by atoms with Crippen LogP contribution in [-0.2, 0) is 4.79 Å². The molecule has 1 saturated heterocycles. The van der Waals surface area contributed by atoms with Crippen LogP contribution in [0.15, 0.2) is 67.1 Å². The summed E-state index contributed by atoms with van der Waals surface area (Å²) in [5.74, 6) is 0.572. The van der Waals surface area contributed by atoms with E-state index in [0.717, 1.165) is 47.2 Å². The van der Waals surface area contributed by atoms with Gasteiger partial charge < -0.3 is 15.0 Å². The van der Waals surface area contributed by atoms with Crippen LogP contribution in [0.5, 0.6) is 5.75 Å². The van der Waals surface area contributed by atoms with Crippen molar-refractivity contribution in [2.75, 3.05) is 31.6 Å². The number of hydrogen-bond acceptors (Lipinski definition) is 7. The molecule has 5 heterocycles.